The fourth-order valence-corrected chi connectivity index (χ4v) is 2.10. The Morgan fingerprint density at radius 2 is 2.00 bits per heavy atom. The number of rotatable bonds is 1. The average Bonchev–Trinajstić information content (AvgIpc) is 2.59. The van der Waals surface area contributed by atoms with Crippen LogP contribution in [-0.2, 0) is 5.41 Å². The number of aromatic nitrogens is 3. The summed E-state index contributed by atoms with van der Waals surface area (Å²) in [5, 5.41) is 0. The lowest BCUT2D eigenvalue weighted by molar-refractivity contribution is 0.555. The Morgan fingerprint density at radius 1 is 1.29 bits per heavy atom. The summed E-state index contributed by atoms with van der Waals surface area (Å²) in [6.07, 6.45) is 5.66. The largest absolute Gasteiger partial charge is 0.337 e. The molecule has 4 heteroatoms. The van der Waals surface area contributed by atoms with Crippen LogP contribution in [0.1, 0.15) is 32.0 Å². The molecule has 0 radical (unpaired) electrons. The first-order valence-electron chi connectivity index (χ1n) is 5.62. The van der Waals surface area contributed by atoms with Crippen molar-refractivity contribution in [3.8, 4) is 5.69 Å². The predicted octanol–water partition coefficient (Wildman–Crippen LogP) is 3.54. The van der Waals surface area contributed by atoms with E-state index in [-0.39, 0.29) is 5.41 Å². The molecule has 0 saturated carbocycles. The fourth-order valence-electron chi connectivity index (χ4n) is 1.84. The molecule has 3 nitrogen and oxygen atoms in total. The second kappa shape index (κ2) is 4.11. The zero-order valence-electron chi connectivity index (χ0n) is 10.6. The molecule has 2 heterocycles. The highest BCUT2D eigenvalue weighted by Gasteiger charge is 2.20. The van der Waals surface area contributed by atoms with Crippen molar-refractivity contribution in [3.63, 3.8) is 0 Å². The van der Waals surface area contributed by atoms with Crippen molar-refractivity contribution in [1.82, 2.24) is 14.5 Å². The van der Waals surface area contributed by atoms with Crippen molar-refractivity contribution in [1.29, 1.82) is 0 Å². The van der Waals surface area contributed by atoms with Gasteiger partial charge in [0.15, 0.2) is 4.77 Å². The van der Waals surface area contributed by atoms with Gasteiger partial charge in [-0.05, 0) is 30.8 Å². The molecule has 0 aliphatic carbocycles. The lowest BCUT2D eigenvalue weighted by atomic mass is 9.92. The van der Waals surface area contributed by atoms with Crippen LogP contribution in [0.3, 0.4) is 0 Å². The average molecular weight is 247 g/mol. The molecular weight excluding hydrogens is 230 g/mol. The Morgan fingerprint density at radius 3 is 2.59 bits per heavy atom. The summed E-state index contributed by atoms with van der Waals surface area (Å²) >= 11 is 5.35. The van der Waals surface area contributed by atoms with Gasteiger partial charge in [-0.3, -0.25) is 9.55 Å². The number of aromatic amines is 1. The zero-order chi connectivity index (χ0) is 12.6. The number of pyridine rings is 1. The molecule has 0 atom stereocenters. The van der Waals surface area contributed by atoms with E-state index in [0.717, 1.165) is 16.9 Å². The maximum Gasteiger partial charge on any atom is 0.182 e. The smallest absolute Gasteiger partial charge is 0.182 e. The predicted molar refractivity (Wildman–Crippen MR) is 72.2 cm³/mol. The van der Waals surface area contributed by atoms with Crippen LogP contribution in [0.15, 0.2) is 24.7 Å². The number of aryl methyl sites for hydroxylation is 1. The maximum absolute atomic E-state index is 5.35. The Labute approximate surface area is 107 Å². The van der Waals surface area contributed by atoms with E-state index in [9.17, 15) is 0 Å². The molecule has 90 valence electrons. The standard InChI is InChI=1S/C13H17N3S/c1-9-5-10(7-14-6-9)16-11(13(2,3)4)8-15-12(16)17/h5-8H,1-4H3,(H,15,17). The van der Waals surface area contributed by atoms with Crippen LogP contribution in [0.4, 0.5) is 0 Å². The molecule has 0 aromatic carbocycles. The van der Waals surface area contributed by atoms with E-state index in [2.05, 4.69) is 41.4 Å². The molecule has 0 unspecified atom stereocenters. The summed E-state index contributed by atoms with van der Waals surface area (Å²) in [5.41, 5.74) is 3.35. The second-order valence-electron chi connectivity index (χ2n) is 5.28. The fraction of sp³-hybridized carbons (Fsp3) is 0.385. The first-order valence-corrected chi connectivity index (χ1v) is 6.03. The van der Waals surface area contributed by atoms with Gasteiger partial charge < -0.3 is 4.98 Å². The Hall–Kier alpha value is -1.42. The molecule has 0 aliphatic rings. The highest BCUT2D eigenvalue weighted by atomic mass is 32.1. The first kappa shape index (κ1) is 12.0. The molecule has 17 heavy (non-hydrogen) atoms. The number of imidazole rings is 1. The summed E-state index contributed by atoms with van der Waals surface area (Å²) < 4.78 is 2.76. The summed E-state index contributed by atoms with van der Waals surface area (Å²) in [6.45, 7) is 8.55. The summed E-state index contributed by atoms with van der Waals surface area (Å²) in [7, 11) is 0. The third kappa shape index (κ3) is 2.31. The highest BCUT2D eigenvalue weighted by molar-refractivity contribution is 7.71. The van der Waals surface area contributed by atoms with Crippen LogP contribution in [0.25, 0.3) is 5.69 Å². The molecule has 2 rings (SSSR count). The molecule has 2 aromatic heterocycles. The molecular formula is C13H17N3S. The van der Waals surface area contributed by atoms with Gasteiger partial charge in [-0.25, -0.2) is 0 Å². The minimum absolute atomic E-state index is 0.0390. The minimum Gasteiger partial charge on any atom is -0.337 e. The molecule has 2 aromatic rings. The monoisotopic (exact) mass is 247 g/mol. The van der Waals surface area contributed by atoms with E-state index < -0.39 is 0 Å². The van der Waals surface area contributed by atoms with Gasteiger partial charge in [0.05, 0.1) is 11.9 Å². The van der Waals surface area contributed by atoms with Crippen LogP contribution >= 0.6 is 12.2 Å². The molecule has 1 N–H and O–H groups in total. The first-order chi connectivity index (χ1) is 7.89. The molecule has 0 amide bonds. The van der Waals surface area contributed by atoms with Gasteiger partial charge in [0.2, 0.25) is 0 Å². The summed E-state index contributed by atoms with van der Waals surface area (Å²) in [6, 6.07) is 2.09. The van der Waals surface area contributed by atoms with Crippen LogP contribution in [0.5, 0.6) is 0 Å². The molecule has 0 aliphatic heterocycles. The van der Waals surface area contributed by atoms with Crippen molar-refractivity contribution < 1.29 is 0 Å². The van der Waals surface area contributed by atoms with E-state index in [1.54, 1.807) is 0 Å². The Balaban J connectivity index is 2.67. The van der Waals surface area contributed by atoms with E-state index in [0.29, 0.717) is 4.77 Å². The summed E-state index contributed by atoms with van der Waals surface area (Å²) in [5.74, 6) is 0. The van der Waals surface area contributed by atoms with Gasteiger partial charge in [-0.2, -0.15) is 0 Å². The van der Waals surface area contributed by atoms with Crippen LogP contribution in [-0.4, -0.2) is 14.5 Å². The minimum atomic E-state index is 0.0390. The van der Waals surface area contributed by atoms with Gasteiger partial charge in [-0.15, -0.1) is 0 Å². The quantitative estimate of drug-likeness (QED) is 0.782. The van der Waals surface area contributed by atoms with Crippen molar-refractivity contribution >= 4 is 12.2 Å². The van der Waals surface area contributed by atoms with Gasteiger partial charge in [0.1, 0.15) is 0 Å². The second-order valence-corrected chi connectivity index (χ2v) is 5.67. The number of nitrogens with one attached hydrogen (secondary N) is 1. The maximum atomic E-state index is 5.35. The number of H-pyrrole nitrogens is 1. The SMILES string of the molecule is Cc1cncc(-n2c(C(C)(C)C)c[nH]c2=S)c1. The van der Waals surface area contributed by atoms with Gasteiger partial charge in [0, 0.05) is 23.5 Å². The molecule has 0 spiro atoms. The molecule has 0 fully saturated rings. The van der Waals surface area contributed by atoms with E-state index in [1.807, 2.05) is 25.5 Å². The van der Waals surface area contributed by atoms with Crippen LogP contribution in [0, 0.1) is 11.7 Å². The normalized spacial score (nSPS) is 11.8. The molecule has 0 bridgehead atoms. The van der Waals surface area contributed by atoms with Crippen molar-refractivity contribution in [2.24, 2.45) is 0 Å². The van der Waals surface area contributed by atoms with Crippen molar-refractivity contribution in [2.75, 3.05) is 0 Å². The van der Waals surface area contributed by atoms with E-state index in [1.165, 1.54) is 0 Å². The summed E-state index contributed by atoms with van der Waals surface area (Å²) in [4.78, 5) is 7.34. The van der Waals surface area contributed by atoms with E-state index in [4.69, 9.17) is 12.2 Å². The van der Waals surface area contributed by atoms with E-state index >= 15 is 0 Å². The third-order valence-corrected chi connectivity index (χ3v) is 2.96. The lowest BCUT2D eigenvalue weighted by Gasteiger charge is -2.20. The van der Waals surface area contributed by atoms with Crippen LogP contribution in [0.2, 0.25) is 0 Å². The number of nitrogens with zero attached hydrogens (tertiary/aromatic N) is 2. The highest BCUT2D eigenvalue weighted by Crippen LogP contribution is 2.25. The number of hydrogen-bond acceptors (Lipinski definition) is 2. The van der Waals surface area contributed by atoms with Gasteiger partial charge in [0.25, 0.3) is 0 Å². The number of hydrogen-bond donors (Lipinski definition) is 1. The van der Waals surface area contributed by atoms with Crippen LogP contribution < -0.4 is 0 Å². The zero-order valence-corrected chi connectivity index (χ0v) is 11.4. The molecule has 0 saturated heterocycles. The Bertz CT molecular complexity index is 587. The third-order valence-electron chi connectivity index (χ3n) is 2.66. The Kier molecular flexibility index (Phi) is 2.91. The van der Waals surface area contributed by atoms with Gasteiger partial charge >= 0.3 is 0 Å². The van der Waals surface area contributed by atoms with Crippen molar-refractivity contribution in [3.05, 3.63) is 40.7 Å². The van der Waals surface area contributed by atoms with Crippen molar-refractivity contribution in [2.45, 2.75) is 33.1 Å². The lowest BCUT2D eigenvalue weighted by Crippen LogP contribution is -2.16. The van der Waals surface area contributed by atoms with Gasteiger partial charge in [-0.1, -0.05) is 20.8 Å². The topological polar surface area (TPSA) is 33.6 Å².